The van der Waals surface area contributed by atoms with Crippen LogP contribution in [0, 0.1) is 11.2 Å². The quantitative estimate of drug-likeness (QED) is 0.866. The number of rotatable bonds is 4. The van der Waals surface area contributed by atoms with E-state index in [0.717, 1.165) is 64.9 Å². The predicted molar refractivity (Wildman–Crippen MR) is 100 cm³/mol. The van der Waals surface area contributed by atoms with Gasteiger partial charge in [-0.2, -0.15) is 4.98 Å². The van der Waals surface area contributed by atoms with Crippen LogP contribution < -0.4 is 10.2 Å². The van der Waals surface area contributed by atoms with Crippen molar-refractivity contribution in [3.05, 3.63) is 12.0 Å². The van der Waals surface area contributed by atoms with E-state index in [2.05, 4.69) is 20.2 Å². The molecular weight excluding hydrogens is 349 g/mol. The Balaban J connectivity index is 1.39. The highest BCUT2D eigenvalue weighted by Gasteiger charge is 2.42. The molecule has 1 atom stereocenters. The summed E-state index contributed by atoms with van der Waals surface area (Å²) < 4.78 is 19.3. The number of amides is 1. The fourth-order valence-corrected chi connectivity index (χ4v) is 4.58. The SMILES string of the molecule is CNc1nc(N2CCC3(CCC(=O)N(C[C@H]4CCCO4)C3)CC2)ncc1F. The van der Waals surface area contributed by atoms with Gasteiger partial charge in [0.05, 0.1) is 12.3 Å². The molecule has 148 valence electrons. The van der Waals surface area contributed by atoms with Crippen LogP contribution in [0.4, 0.5) is 16.2 Å². The van der Waals surface area contributed by atoms with Crippen LogP contribution in [0.1, 0.15) is 38.5 Å². The molecule has 1 amide bonds. The summed E-state index contributed by atoms with van der Waals surface area (Å²) in [7, 11) is 1.65. The van der Waals surface area contributed by atoms with E-state index in [1.807, 2.05) is 4.90 Å². The second-order valence-electron chi connectivity index (χ2n) is 8.01. The lowest BCUT2D eigenvalue weighted by molar-refractivity contribution is -0.140. The Morgan fingerprint density at radius 2 is 2.19 bits per heavy atom. The van der Waals surface area contributed by atoms with Gasteiger partial charge in [-0.3, -0.25) is 4.79 Å². The number of hydrogen-bond donors (Lipinski definition) is 1. The molecule has 1 aromatic heterocycles. The molecule has 0 saturated carbocycles. The number of likely N-dealkylation sites (tertiary alicyclic amines) is 1. The number of anilines is 2. The first-order chi connectivity index (χ1) is 13.1. The maximum absolute atomic E-state index is 13.6. The number of aromatic nitrogens is 2. The predicted octanol–water partition coefficient (Wildman–Crippen LogP) is 2.05. The zero-order valence-corrected chi connectivity index (χ0v) is 15.9. The topological polar surface area (TPSA) is 70.6 Å². The van der Waals surface area contributed by atoms with Crippen molar-refractivity contribution in [1.82, 2.24) is 14.9 Å². The van der Waals surface area contributed by atoms with Crippen molar-refractivity contribution in [2.24, 2.45) is 5.41 Å². The van der Waals surface area contributed by atoms with Crippen LogP contribution in [0.2, 0.25) is 0 Å². The minimum absolute atomic E-state index is 0.175. The summed E-state index contributed by atoms with van der Waals surface area (Å²) in [6.07, 6.45) is 7.16. The summed E-state index contributed by atoms with van der Waals surface area (Å²) in [5, 5.41) is 2.77. The summed E-state index contributed by atoms with van der Waals surface area (Å²) in [5.41, 5.74) is 0.175. The molecule has 0 bridgehead atoms. The molecule has 3 fully saturated rings. The first kappa shape index (κ1) is 18.4. The molecule has 0 aliphatic carbocycles. The average molecular weight is 377 g/mol. The highest BCUT2D eigenvalue weighted by atomic mass is 19.1. The van der Waals surface area contributed by atoms with Crippen molar-refractivity contribution in [2.75, 3.05) is 50.1 Å². The number of hydrogen-bond acceptors (Lipinski definition) is 6. The molecule has 3 saturated heterocycles. The van der Waals surface area contributed by atoms with Crippen LogP contribution in [0.15, 0.2) is 6.20 Å². The van der Waals surface area contributed by atoms with Gasteiger partial charge in [-0.1, -0.05) is 0 Å². The molecule has 27 heavy (non-hydrogen) atoms. The largest absolute Gasteiger partial charge is 0.376 e. The second-order valence-corrected chi connectivity index (χ2v) is 8.01. The Bertz CT molecular complexity index is 687. The van der Waals surface area contributed by atoms with Gasteiger partial charge in [0.25, 0.3) is 0 Å². The van der Waals surface area contributed by atoms with Gasteiger partial charge < -0.3 is 19.9 Å². The molecule has 4 heterocycles. The molecule has 0 aromatic carbocycles. The highest BCUT2D eigenvalue weighted by Crippen LogP contribution is 2.41. The molecule has 3 aliphatic heterocycles. The normalized spacial score (nSPS) is 25.3. The molecule has 1 N–H and O–H groups in total. The summed E-state index contributed by atoms with van der Waals surface area (Å²) in [6.45, 7) is 4.04. The molecular formula is C19H28FN5O2. The van der Waals surface area contributed by atoms with Crippen molar-refractivity contribution >= 4 is 17.7 Å². The van der Waals surface area contributed by atoms with E-state index in [4.69, 9.17) is 4.74 Å². The fraction of sp³-hybridized carbons (Fsp3) is 0.737. The standard InChI is InChI=1S/C19H28FN5O2/c1-21-17-15(20)11-22-18(23-17)24-8-6-19(7-9-24)5-4-16(26)25(13-19)12-14-3-2-10-27-14/h11,14H,2-10,12-13H2,1H3,(H,21,22,23)/t14-/m1/s1. The monoisotopic (exact) mass is 377 g/mol. The molecule has 0 unspecified atom stereocenters. The molecule has 8 heteroatoms. The van der Waals surface area contributed by atoms with E-state index in [1.165, 1.54) is 6.20 Å². The van der Waals surface area contributed by atoms with E-state index >= 15 is 0 Å². The summed E-state index contributed by atoms with van der Waals surface area (Å²) >= 11 is 0. The van der Waals surface area contributed by atoms with Crippen LogP contribution >= 0.6 is 0 Å². The van der Waals surface area contributed by atoms with Crippen molar-refractivity contribution in [3.8, 4) is 0 Å². The summed E-state index contributed by atoms with van der Waals surface area (Å²) in [4.78, 5) is 25.0. The number of halogens is 1. The lowest BCUT2D eigenvalue weighted by Gasteiger charge is -2.47. The van der Waals surface area contributed by atoms with E-state index in [9.17, 15) is 9.18 Å². The van der Waals surface area contributed by atoms with Gasteiger partial charge >= 0.3 is 0 Å². The third kappa shape index (κ3) is 3.85. The minimum Gasteiger partial charge on any atom is -0.376 e. The molecule has 1 spiro atoms. The van der Waals surface area contributed by atoms with Gasteiger partial charge in [0, 0.05) is 46.3 Å². The van der Waals surface area contributed by atoms with E-state index in [-0.39, 0.29) is 23.2 Å². The third-order valence-corrected chi connectivity index (χ3v) is 6.27. The van der Waals surface area contributed by atoms with Crippen LogP contribution in [0.25, 0.3) is 0 Å². The minimum atomic E-state index is -0.440. The van der Waals surface area contributed by atoms with E-state index < -0.39 is 5.82 Å². The number of carbonyl (C=O) groups is 1. The van der Waals surface area contributed by atoms with Crippen molar-refractivity contribution in [2.45, 2.75) is 44.6 Å². The van der Waals surface area contributed by atoms with Gasteiger partial charge in [0.15, 0.2) is 11.6 Å². The molecule has 1 aromatic rings. The Labute approximate surface area is 159 Å². The highest BCUT2D eigenvalue weighted by molar-refractivity contribution is 5.77. The van der Waals surface area contributed by atoms with Gasteiger partial charge in [0.2, 0.25) is 11.9 Å². The van der Waals surface area contributed by atoms with Gasteiger partial charge in [-0.15, -0.1) is 0 Å². The van der Waals surface area contributed by atoms with Crippen molar-refractivity contribution < 1.29 is 13.9 Å². The Kier molecular flexibility index (Phi) is 5.16. The van der Waals surface area contributed by atoms with E-state index in [0.29, 0.717) is 12.4 Å². The Hall–Kier alpha value is -1.96. The Morgan fingerprint density at radius 1 is 1.37 bits per heavy atom. The number of piperidine rings is 2. The van der Waals surface area contributed by atoms with Gasteiger partial charge in [-0.25, -0.2) is 9.37 Å². The lowest BCUT2D eigenvalue weighted by atomic mass is 9.72. The van der Waals surface area contributed by atoms with E-state index in [1.54, 1.807) is 7.05 Å². The summed E-state index contributed by atoms with van der Waals surface area (Å²) in [5.74, 6) is 0.620. The fourth-order valence-electron chi connectivity index (χ4n) is 4.58. The zero-order chi connectivity index (χ0) is 18.9. The maximum Gasteiger partial charge on any atom is 0.227 e. The van der Waals surface area contributed by atoms with Crippen LogP contribution in [0.3, 0.4) is 0 Å². The third-order valence-electron chi connectivity index (χ3n) is 6.27. The lowest BCUT2D eigenvalue weighted by Crippen LogP contribution is -2.53. The molecule has 0 radical (unpaired) electrons. The molecule has 7 nitrogen and oxygen atoms in total. The van der Waals surface area contributed by atoms with Crippen LogP contribution in [0.5, 0.6) is 0 Å². The molecule has 4 rings (SSSR count). The zero-order valence-electron chi connectivity index (χ0n) is 15.9. The average Bonchev–Trinajstić information content (AvgIpc) is 3.19. The number of carbonyl (C=O) groups excluding carboxylic acids is 1. The first-order valence-corrected chi connectivity index (χ1v) is 9.93. The first-order valence-electron chi connectivity index (χ1n) is 9.93. The second kappa shape index (κ2) is 7.58. The van der Waals surface area contributed by atoms with Gasteiger partial charge in [0.1, 0.15) is 0 Å². The maximum atomic E-state index is 13.6. The van der Waals surface area contributed by atoms with Crippen molar-refractivity contribution in [1.29, 1.82) is 0 Å². The number of nitrogens with zero attached hydrogens (tertiary/aromatic N) is 4. The summed E-state index contributed by atoms with van der Waals surface area (Å²) in [6, 6.07) is 0. The van der Waals surface area contributed by atoms with Gasteiger partial charge in [-0.05, 0) is 37.5 Å². The van der Waals surface area contributed by atoms with Crippen LogP contribution in [-0.2, 0) is 9.53 Å². The Morgan fingerprint density at radius 3 is 2.89 bits per heavy atom. The number of ether oxygens (including phenoxy) is 1. The molecule has 3 aliphatic rings. The smallest absolute Gasteiger partial charge is 0.227 e. The number of nitrogens with one attached hydrogen (secondary N) is 1. The van der Waals surface area contributed by atoms with Crippen LogP contribution in [-0.4, -0.2) is 66.7 Å². The van der Waals surface area contributed by atoms with Crippen molar-refractivity contribution in [3.63, 3.8) is 0 Å².